The van der Waals surface area contributed by atoms with Crippen LogP contribution in [0.4, 0.5) is 0 Å². The third kappa shape index (κ3) is 2.02. The van der Waals surface area contributed by atoms with Gasteiger partial charge in [0, 0.05) is 18.8 Å². The fourth-order valence-corrected chi connectivity index (χ4v) is 1.82. The Kier molecular flexibility index (Phi) is 2.87. The topological polar surface area (TPSA) is 88.5 Å². The van der Waals surface area contributed by atoms with E-state index < -0.39 is 18.1 Å². The van der Waals surface area contributed by atoms with Crippen molar-refractivity contribution >= 4 is 16.8 Å². The molecule has 4 N–H and O–H groups in total. The van der Waals surface area contributed by atoms with Crippen LogP contribution in [0.15, 0.2) is 30.5 Å². The maximum absolute atomic E-state index is 10.8. The lowest BCUT2D eigenvalue weighted by atomic mass is 10.0. The quantitative estimate of drug-likeness (QED) is 0.701. The van der Waals surface area contributed by atoms with Gasteiger partial charge in [-0.25, -0.2) is 0 Å². The molecular formula is C12H14N2O3. The van der Waals surface area contributed by atoms with Crippen LogP contribution in [0.5, 0.6) is 0 Å². The minimum absolute atomic E-state index is 0.468. The average Bonchev–Trinajstić information content (AvgIpc) is 2.68. The van der Waals surface area contributed by atoms with E-state index in [0.717, 1.165) is 10.9 Å². The Balaban J connectivity index is 2.39. The summed E-state index contributed by atoms with van der Waals surface area (Å²) in [5.41, 5.74) is 6.41. The van der Waals surface area contributed by atoms with Gasteiger partial charge in [0.15, 0.2) is 6.10 Å². The van der Waals surface area contributed by atoms with Gasteiger partial charge >= 0.3 is 0 Å². The van der Waals surface area contributed by atoms with Gasteiger partial charge in [0.1, 0.15) is 6.10 Å². The van der Waals surface area contributed by atoms with Gasteiger partial charge in [-0.2, -0.15) is 0 Å². The minimum atomic E-state index is -1.59. The van der Waals surface area contributed by atoms with Crippen LogP contribution in [-0.2, 0) is 11.8 Å². The number of aliphatic hydroxyl groups is 2. The van der Waals surface area contributed by atoms with E-state index in [4.69, 9.17) is 5.73 Å². The summed E-state index contributed by atoms with van der Waals surface area (Å²) in [6.07, 6.45) is -0.987. The number of aromatic nitrogens is 1. The van der Waals surface area contributed by atoms with Gasteiger partial charge in [0.2, 0.25) is 5.91 Å². The highest BCUT2D eigenvalue weighted by molar-refractivity contribution is 5.82. The normalized spacial score (nSPS) is 14.8. The summed E-state index contributed by atoms with van der Waals surface area (Å²) in [6.45, 7) is 0. The number of aliphatic hydroxyl groups excluding tert-OH is 2. The SMILES string of the molecule is Cn1ccc2cc(C(O)C(O)C(N)=O)ccc21. The molecule has 0 aliphatic heterocycles. The van der Waals surface area contributed by atoms with Crippen molar-refractivity contribution in [2.45, 2.75) is 12.2 Å². The van der Waals surface area contributed by atoms with Crippen molar-refractivity contribution < 1.29 is 15.0 Å². The summed E-state index contributed by atoms with van der Waals surface area (Å²) in [6, 6.07) is 7.11. The number of carbonyl (C=O) groups excluding carboxylic acids is 1. The Morgan fingerprint density at radius 1 is 1.35 bits per heavy atom. The molecule has 0 saturated carbocycles. The van der Waals surface area contributed by atoms with Gasteiger partial charge in [-0.15, -0.1) is 0 Å². The molecule has 1 amide bonds. The van der Waals surface area contributed by atoms with E-state index in [1.54, 1.807) is 12.1 Å². The molecule has 0 aliphatic carbocycles. The number of amides is 1. The van der Waals surface area contributed by atoms with Gasteiger partial charge < -0.3 is 20.5 Å². The van der Waals surface area contributed by atoms with Crippen molar-refractivity contribution in [3.63, 3.8) is 0 Å². The number of hydrogen-bond donors (Lipinski definition) is 3. The molecule has 1 aromatic carbocycles. The Labute approximate surface area is 98.1 Å². The van der Waals surface area contributed by atoms with Crippen LogP contribution < -0.4 is 5.73 Å². The summed E-state index contributed by atoms with van der Waals surface area (Å²) in [4.78, 5) is 10.8. The van der Waals surface area contributed by atoms with Crippen LogP contribution in [0.25, 0.3) is 10.9 Å². The number of nitrogens with two attached hydrogens (primary N) is 1. The number of primary amides is 1. The van der Waals surface area contributed by atoms with Crippen LogP contribution in [0.2, 0.25) is 0 Å². The number of fused-ring (bicyclic) bond motifs is 1. The summed E-state index contributed by atoms with van der Waals surface area (Å²) in [5.74, 6) is -0.939. The first-order valence-electron chi connectivity index (χ1n) is 5.21. The van der Waals surface area contributed by atoms with Crippen LogP contribution in [0.3, 0.4) is 0 Å². The third-order valence-corrected chi connectivity index (χ3v) is 2.84. The lowest BCUT2D eigenvalue weighted by molar-refractivity contribution is -0.131. The van der Waals surface area contributed by atoms with Gasteiger partial charge in [0.05, 0.1) is 0 Å². The first kappa shape index (κ1) is 11.6. The maximum atomic E-state index is 10.8. The van der Waals surface area contributed by atoms with Crippen molar-refractivity contribution in [1.82, 2.24) is 4.57 Å². The van der Waals surface area contributed by atoms with Gasteiger partial charge in [0.25, 0.3) is 0 Å². The second-order valence-corrected chi connectivity index (χ2v) is 4.04. The fourth-order valence-electron chi connectivity index (χ4n) is 1.82. The van der Waals surface area contributed by atoms with Crippen LogP contribution in [0, 0.1) is 0 Å². The molecule has 2 unspecified atom stereocenters. The first-order chi connectivity index (χ1) is 8.00. The highest BCUT2D eigenvalue weighted by atomic mass is 16.3. The van der Waals surface area contributed by atoms with Crippen LogP contribution in [0.1, 0.15) is 11.7 Å². The molecule has 0 radical (unpaired) electrons. The van der Waals surface area contributed by atoms with E-state index in [9.17, 15) is 15.0 Å². The predicted molar refractivity (Wildman–Crippen MR) is 63.1 cm³/mol. The summed E-state index contributed by atoms with van der Waals surface area (Å²) < 4.78 is 1.94. The molecule has 17 heavy (non-hydrogen) atoms. The summed E-state index contributed by atoms with van der Waals surface area (Å²) >= 11 is 0. The Hall–Kier alpha value is -1.85. The average molecular weight is 234 g/mol. The minimum Gasteiger partial charge on any atom is -0.385 e. The molecule has 0 aliphatic rings. The lowest BCUT2D eigenvalue weighted by Gasteiger charge is -2.15. The number of carbonyl (C=O) groups is 1. The molecule has 5 heteroatoms. The van der Waals surface area contributed by atoms with E-state index in [0.29, 0.717) is 5.56 Å². The van der Waals surface area contributed by atoms with Crippen LogP contribution in [-0.4, -0.2) is 26.8 Å². The largest absolute Gasteiger partial charge is 0.385 e. The number of nitrogens with zero attached hydrogens (tertiary/aromatic N) is 1. The Morgan fingerprint density at radius 3 is 2.71 bits per heavy atom. The predicted octanol–water partition coefficient (Wildman–Crippen LogP) is 0.0579. The monoisotopic (exact) mass is 234 g/mol. The standard InChI is InChI=1S/C12H14N2O3/c1-14-5-4-7-6-8(2-3-9(7)14)10(15)11(16)12(13)17/h2-6,10-11,15-16H,1H3,(H2,13,17). The van der Waals surface area contributed by atoms with Gasteiger partial charge in [-0.05, 0) is 29.1 Å². The van der Waals surface area contributed by atoms with Crippen molar-refractivity contribution in [2.75, 3.05) is 0 Å². The highest BCUT2D eigenvalue weighted by Gasteiger charge is 2.23. The van der Waals surface area contributed by atoms with Gasteiger partial charge in [-0.3, -0.25) is 4.79 Å². The molecule has 90 valence electrons. The van der Waals surface area contributed by atoms with Crippen molar-refractivity contribution in [1.29, 1.82) is 0 Å². The zero-order chi connectivity index (χ0) is 12.6. The number of rotatable bonds is 3. The molecule has 1 heterocycles. The fraction of sp³-hybridized carbons (Fsp3) is 0.250. The second-order valence-electron chi connectivity index (χ2n) is 4.04. The number of hydrogen-bond acceptors (Lipinski definition) is 3. The van der Waals surface area contributed by atoms with E-state index in [1.807, 2.05) is 29.9 Å². The number of aryl methyl sites for hydroxylation is 1. The summed E-state index contributed by atoms with van der Waals surface area (Å²) in [5, 5.41) is 20.1. The van der Waals surface area contributed by atoms with Crippen molar-refractivity contribution in [3.8, 4) is 0 Å². The zero-order valence-corrected chi connectivity index (χ0v) is 9.37. The lowest BCUT2D eigenvalue weighted by Crippen LogP contribution is -2.33. The molecule has 0 saturated heterocycles. The molecule has 1 aromatic heterocycles. The third-order valence-electron chi connectivity index (χ3n) is 2.84. The molecule has 0 fully saturated rings. The summed E-state index contributed by atoms with van der Waals surface area (Å²) in [7, 11) is 1.91. The second kappa shape index (κ2) is 4.20. The van der Waals surface area contributed by atoms with E-state index >= 15 is 0 Å². The molecule has 5 nitrogen and oxygen atoms in total. The van der Waals surface area contributed by atoms with E-state index in [-0.39, 0.29) is 0 Å². The van der Waals surface area contributed by atoms with Gasteiger partial charge in [-0.1, -0.05) is 6.07 Å². The highest BCUT2D eigenvalue weighted by Crippen LogP contribution is 2.22. The van der Waals surface area contributed by atoms with Crippen molar-refractivity contribution in [3.05, 3.63) is 36.0 Å². The molecule has 2 aromatic rings. The molecule has 0 spiro atoms. The molecular weight excluding hydrogens is 220 g/mol. The number of benzene rings is 1. The van der Waals surface area contributed by atoms with Crippen molar-refractivity contribution in [2.24, 2.45) is 12.8 Å². The molecule has 0 bridgehead atoms. The van der Waals surface area contributed by atoms with E-state index in [2.05, 4.69) is 0 Å². The maximum Gasteiger partial charge on any atom is 0.249 e. The smallest absolute Gasteiger partial charge is 0.249 e. The van der Waals surface area contributed by atoms with Crippen LogP contribution >= 0.6 is 0 Å². The Morgan fingerprint density at radius 2 is 2.06 bits per heavy atom. The Bertz CT molecular complexity index is 562. The first-order valence-corrected chi connectivity index (χ1v) is 5.21. The van der Waals surface area contributed by atoms with E-state index in [1.165, 1.54) is 0 Å². The molecule has 2 rings (SSSR count). The zero-order valence-electron chi connectivity index (χ0n) is 9.37. The molecule has 2 atom stereocenters.